The highest BCUT2D eigenvalue weighted by Crippen LogP contribution is 2.21. The van der Waals surface area contributed by atoms with Crippen LogP contribution in [0.2, 0.25) is 0 Å². The van der Waals surface area contributed by atoms with Crippen LogP contribution in [0.3, 0.4) is 0 Å². The lowest BCUT2D eigenvalue weighted by Gasteiger charge is -2.15. The molecule has 1 saturated heterocycles. The molecule has 6 heteroatoms. The standard InChI is InChI=1S/C17H20N4O2/c1-12-10-15(20(2)19-12)18-16(22)11-13-5-7-14(8-6-13)21-9-3-4-17(21)23/h5-8,10H,3-4,9,11H2,1-2H3,(H,18,22). The Morgan fingerprint density at radius 2 is 2.04 bits per heavy atom. The number of benzene rings is 1. The van der Waals surface area contributed by atoms with Crippen LogP contribution >= 0.6 is 0 Å². The first-order valence-electron chi connectivity index (χ1n) is 7.73. The second-order valence-electron chi connectivity index (χ2n) is 5.83. The van der Waals surface area contributed by atoms with Gasteiger partial charge >= 0.3 is 0 Å². The van der Waals surface area contributed by atoms with Gasteiger partial charge in [-0.25, -0.2) is 0 Å². The van der Waals surface area contributed by atoms with Crippen LogP contribution in [-0.4, -0.2) is 28.1 Å². The van der Waals surface area contributed by atoms with E-state index >= 15 is 0 Å². The Morgan fingerprint density at radius 3 is 2.61 bits per heavy atom. The summed E-state index contributed by atoms with van der Waals surface area (Å²) >= 11 is 0. The number of anilines is 2. The first-order chi connectivity index (χ1) is 11.0. The average Bonchev–Trinajstić information content (AvgIpc) is 3.06. The zero-order valence-corrected chi connectivity index (χ0v) is 13.4. The summed E-state index contributed by atoms with van der Waals surface area (Å²) in [7, 11) is 1.80. The molecule has 0 radical (unpaired) electrons. The molecule has 0 unspecified atom stereocenters. The molecule has 2 amide bonds. The van der Waals surface area contributed by atoms with E-state index in [2.05, 4.69) is 10.4 Å². The molecule has 0 bridgehead atoms. The molecular formula is C17H20N4O2. The zero-order chi connectivity index (χ0) is 16.4. The van der Waals surface area contributed by atoms with Gasteiger partial charge in [-0.1, -0.05) is 12.1 Å². The molecule has 6 nitrogen and oxygen atoms in total. The van der Waals surface area contributed by atoms with Gasteiger partial charge in [0.05, 0.1) is 12.1 Å². The van der Waals surface area contributed by atoms with Crippen molar-refractivity contribution in [1.29, 1.82) is 0 Å². The molecule has 0 atom stereocenters. The predicted molar refractivity (Wildman–Crippen MR) is 88.3 cm³/mol. The zero-order valence-electron chi connectivity index (χ0n) is 13.4. The molecule has 1 aliphatic heterocycles. The van der Waals surface area contributed by atoms with Crippen LogP contribution in [0.15, 0.2) is 30.3 Å². The number of rotatable bonds is 4. The van der Waals surface area contributed by atoms with Gasteiger partial charge in [0, 0.05) is 31.8 Å². The molecule has 120 valence electrons. The molecule has 3 rings (SSSR count). The minimum absolute atomic E-state index is 0.0852. The molecule has 2 heterocycles. The van der Waals surface area contributed by atoms with Gasteiger partial charge in [-0.2, -0.15) is 5.10 Å². The first kappa shape index (κ1) is 15.3. The van der Waals surface area contributed by atoms with Gasteiger partial charge in [0.15, 0.2) is 0 Å². The number of hydrogen-bond acceptors (Lipinski definition) is 3. The molecule has 1 aromatic heterocycles. The minimum Gasteiger partial charge on any atom is -0.312 e. The number of amides is 2. The van der Waals surface area contributed by atoms with E-state index in [1.54, 1.807) is 16.6 Å². The third-order valence-electron chi connectivity index (χ3n) is 3.96. The van der Waals surface area contributed by atoms with Crippen LogP contribution in [0.5, 0.6) is 0 Å². The number of nitrogens with one attached hydrogen (secondary N) is 1. The van der Waals surface area contributed by atoms with Gasteiger partial charge in [-0.15, -0.1) is 0 Å². The van der Waals surface area contributed by atoms with Crippen LogP contribution in [-0.2, 0) is 23.1 Å². The number of aromatic nitrogens is 2. The van der Waals surface area contributed by atoms with Crippen molar-refractivity contribution < 1.29 is 9.59 Å². The van der Waals surface area contributed by atoms with Gasteiger partial charge in [0.2, 0.25) is 11.8 Å². The second-order valence-corrected chi connectivity index (χ2v) is 5.83. The van der Waals surface area contributed by atoms with E-state index in [0.29, 0.717) is 18.7 Å². The second kappa shape index (κ2) is 6.24. The van der Waals surface area contributed by atoms with Crippen molar-refractivity contribution in [2.24, 2.45) is 7.05 Å². The fraction of sp³-hybridized carbons (Fsp3) is 0.353. The molecular weight excluding hydrogens is 292 g/mol. The van der Waals surface area contributed by atoms with E-state index in [4.69, 9.17) is 0 Å². The molecule has 1 aliphatic rings. The van der Waals surface area contributed by atoms with Gasteiger partial charge in [0.25, 0.3) is 0 Å². The number of hydrogen-bond donors (Lipinski definition) is 1. The Hall–Kier alpha value is -2.63. The third kappa shape index (κ3) is 3.41. The third-order valence-corrected chi connectivity index (χ3v) is 3.96. The van der Waals surface area contributed by atoms with E-state index in [1.807, 2.05) is 37.3 Å². The van der Waals surface area contributed by atoms with Crippen molar-refractivity contribution in [2.75, 3.05) is 16.8 Å². The summed E-state index contributed by atoms with van der Waals surface area (Å²) in [4.78, 5) is 25.6. The number of carbonyl (C=O) groups excluding carboxylic acids is 2. The lowest BCUT2D eigenvalue weighted by molar-refractivity contribution is -0.117. The van der Waals surface area contributed by atoms with E-state index in [-0.39, 0.29) is 11.8 Å². The van der Waals surface area contributed by atoms with Crippen LogP contribution in [0, 0.1) is 6.92 Å². The topological polar surface area (TPSA) is 67.2 Å². The van der Waals surface area contributed by atoms with Gasteiger partial charge in [-0.3, -0.25) is 14.3 Å². The molecule has 1 fully saturated rings. The van der Waals surface area contributed by atoms with E-state index in [9.17, 15) is 9.59 Å². The maximum Gasteiger partial charge on any atom is 0.229 e. The summed E-state index contributed by atoms with van der Waals surface area (Å²) < 4.78 is 1.65. The quantitative estimate of drug-likeness (QED) is 0.939. The van der Waals surface area contributed by atoms with Crippen molar-refractivity contribution in [1.82, 2.24) is 9.78 Å². The molecule has 2 aromatic rings. The first-order valence-corrected chi connectivity index (χ1v) is 7.73. The Balaban J connectivity index is 1.62. The van der Waals surface area contributed by atoms with E-state index in [1.165, 1.54) is 0 Å². The summed E-state index contributed by atoms with van der Waals surface area (Å²) in [6, 6.07) is 9.43. The maximum absolute atomic E-state index is 12.1. The lowest BCUT2D eigenvalue weighted by atomic mass is 10.1. The number of carbonyl (C=O) groups is 2. The highest BCUT2D eigenvalue weighted by Gasteiger charge is 2.21. The molecule has 23 heavy (non-hydrogen) atoms. The predicted octanol–water partition coefficient (Wildman–Crippen LogP) is 2.04. The Kier molecular flexibility index (Phi) is 4.14. The Labute approximate surface area is 135 Å². The lowest BCUT2D eigenvalue weighted by Crippen LogP contribution is -2.23. The molecule has 1 aromatic carbocycles. The average molecular weight is 312 g/mol. The molecule has 1 N–H and O–H groups in total. The smallest absolute Gasteiger partial charge is 0.229 e. The normalized spacial score (nSPS) is 14.3. The SMILES string of the molecule is Cc1cc(NC(=O)Cc2ccc(N3CCCC3=O)cc2)n(C)n1. The molecule has 0 spiro atoms. The molecule has 0 aliphatic carbocycles. The van der Waals surface area contributed by atoms with Gasteiger partial charge in [-0.05, 0) is 31.0 Å². The van der Waals surface area contributed by atoms with Crippen molar-refractivity contribution in [3.05, 3.63) is 41.6 Å². The van der Waals surface area contributed by atoms with Crippen molar-refractivity contribution in [3.8, 4) is 0 Å². The largest absolute Gasteiger partial charge is 0.312 e. The van der Waals surface area contributed by atoms with Crippen LogP contribution in [0.1, 0.15) is 24.1 Å². The summed E-state index contributed by atoms with van der Waals surface area (Å²) in [5.74, 6) is 0.770. The highest BCUT2D eigenvalue weighted by molar-refractivity contribution is 5.95. The van der Waals surface area contributed by atoms with Crippen LogP contribution in [0.4, 0.5) is 11.5 Å². The summed E-state index contributed by atoms with van der Waals surface area (Å²) in [6.07, 6.45) is 1.82. The van der Waals surface area contributed by atoms with E-state index < -0.39 is 0 Å². The Morgan fingerprint density at radius 1 is 1.30 bits per heavy atom. The maximum atomic E-state index is 12.1. The van der Waals surface area contributed by atoms with Crippen molar-refractivity contribution >= 4 is 23.3 Å². The van der Waals surface area contributed by atoms with Gasteiger partial charge < -0.3 is 10.2 Å². The van der Waals surface area contributed by atoms with Crippen molar-refractivity contribution in [2.45, 2.75) is 26.2 Å². The Bertz CT molecular complexity index is 734. The summed E-state index contributed by atoms with van der Waals surface area (Å²) in [5.41, 5.74) is 2.68. The molecule has 0 saturated carbocycles. The summed E-state index contributed by atoms with van der Waals surface area (Å²) in [6.45, 7) is 2.66. The fourth-order valence-corrected chi connectivity index (χ4v) is 2.81. The number of nitrogens with zero attached hydrogens (tertiary/aromatic N) is 3. The van der Waals surface area contributed by atoms with E-state index in [0.717, 1.165) is 29.9 Å². The summed E-state index contributed by atoms with van der Waals surface area (Å²) in [5, 5.41) is 7.05. The highest BCUT2D eigenvalue weighted by atomic mass is 16.2. The van der Waals surface area contributed by atoms with Gasteiger partial charge in [0.1, 0.15) is 5.82 Å². The fourth-order valence-electron chi connectivity index (χ4n) is 2.81. The van der Waals surface area contributed by atoms with Crippen LogP contribution < -0.4 is 10.2 Å². The van der Waals surface area contributed by atoms with Crippen LogP contribution in [0.25, 0.3) is 0 Å². The monoisotopic (exact) mass is 312 g/mol. The minimum atomic E-state index is -0.0852. The van der Waals surface area contributed by atoms with Crippen molar-refractivity contribution in [3.63, 3.8) is 0 Å². The number of aryl methyl sites for hydroxylation is 2.